The maximum absolute atomic E-state index is 13.5. The van der Waals surface area contributed by atoms with E-state index in [1.807, 2.05) is 30.3 Å². The van der Waals surface area contributed by atoms with Crippen LogP contribution in [0.3, 0.4) is 0 Å². The zero-order chi connectivity index (χ0) is 18.1. The van der Waals surface area contributed by atoms with Gasteiger partial charge in [-0.15, -0.1) is 0 Å². The highest BCUT2D eigenvalue weighted by Gasteiger charge is 2.59. The van der Waals surface area contributed by atoms with Crippen molar-refractivity contribution in [1.29, 1.82) is 0 Å². The summed E-state index contributed by atoms with van der Waals surface area (Å²) in [4.78, 5) is 13.7. The number of amides is 1. The average Bonchev–Trinajstić information content (AvgIpc) is 2.93. The van der Waals surface area contributed by atoms with Gasteiger partial charge in [0.2, 0.25) is 0 Å². The van der Waals surface area contributed by atoms with Gasteiger partial charge in [0, 0.05) is 6.54 Å². The fraction of sp³-hybridized carbons (Fsp3) is 0.316. The van der Waals surface area contributed by atoms with E-state index in [9.17, 15) is 18.0 Å². The van der Waals surface area contributed by atoms with Gasteiger partial charge in [0.05, 0.1) is 12.5 Å². The van der Waals surface area contributed by atoms with Crippen molar-refractivity contribution >= 4 is 6.09 Å². The second-order valence-corrected chi connectivity index (χ2v) is 6.23. The second kappa shape index (κ2) is 6.43. The molecular formula is C19H18F3NO2. The fourth-order valence-corrected chi connectivity index (χ4v) is 3.14. The molecule has 1 heterocycles. The molecule has 0 N–H and O–H groups in total. The van der Waals surface area contributed by atoms with E-state index in [1.165, 1.54) is 4.90 Å². The lowest BCUT2D eigenvalue weighted by Crippen LogP contribution is -2.45. The minimum atomic E-state index is -4.49. The van der Waals surface area contributed by atoms with Crippen LogP contribution in [-0.2, 0) is 16.9 Å². The van der Waals surface area contributed by atoms with Crippen molar-refractivity contribution in [1.82, 2.24) is 4.90 Å². The quantitative estimate of drug-likeness (QED) is 0.798. The third-order valence-electron chi connectivity index (χ3n) is 4.62. The molecule has 0 saturated carbocycles. The minimum absolute atomic E-state index is 0.147. The lowest BCUT2D eigenvalue weighted by atomic mass is 9.81. The molecule has 2 atom stereocenters. The van der Waals surface area contributed by atoms with Crippen LogP contribution in [-0.4, -0.2) is 23.7 Å². The lowest BCUT2D eigenvalue weighted by molar-refractivity contribution is -0.216. The number of nitrogens with zero attached hydrogens (tertiary/aromatic N) is 1. The first kappa shape index (κ1) is 17.3. The van der Waals surface area contributed by atoms with Crippen LogP contribution in [0, 0.1) is 5.92 Å². The van der Waals surface area contributed by atoms with Crippen LogP contribution in [0.15, 0.2) is 60.7 Å². The number of rotatable bonds is 4. The van der Waals surface area contributed by atoms with Gasteiger partial charge in [0.25, 0.3) is 0 Å². The Morgan fingerprint density at radius 3 is 2.20 bits per heavy atom. The molecule has 1 amide bonds. The predicted octanol–water partition coefficient (Wildman–Crippen LogP) is 4.73. The number of benzene rings is 2. The first-order valence-corrected chi connectivity index (χ1v) is 7.97. The summed E-state index contributed by atoms with van der Waals surface area (Å²) in [6, 6.07) is 17.3. The topological polar surface area (TPSA) is 29.5 Å². The summed E-state index contributed by atoms with van der Waals surface area (Å²) in [6.07, 6.45) is -5.22. The Labute approximate surface area is 144 Å². The van der Waals surface area contributed by atoms with Crippen LogP contribution in [0.1, 0.15) is 18.1 Å². The molecule has 132 valence electrons. The zero-order valence-electron chi connectivity index (χ0n) is 13.7. The Balaban J connectivity index is 1.95. The number of hydrogen-bond acceptors (Lipinski definition) is 2. The monoisotopic (exact) mass is 349 g/mol. The van der Waals surface area contributed by atoms with Gasteiger partial charge in [0.1, 0.15) is 0 Å². The molecule has 3 rings (SSSR count). The molecule has 0 radical (unpaired) electrons. The predicted molar refractivity (Wildman–Crippen MR) is 86.7 cm³/mol. The van der Waals surface area contributed by atoms with Gasteiger partial charge in [-0.1, -0.05) is 60.7 Å². The highest BCUT2D eigenvalue weighted by Crippen LogP contribution is 2.46. The Morgan fingerprint density at radius 1 is 1.08 bits per heavy atom. The molecule has 3 nitrogen and oxygen atoms in total. The van der Waals surface area contributed by atoms with E-state index in [4.69, 9.17) is 4.74 Å². The molecule has 1 aliphatic heterocycles. The van der Waals surface area contributed by atoms with Gasteiger partial charge in [-0.05, 0) is 18.1 Å². The van der Waals surface area contributed by atoms with E-state index in [1.54, 1.807) is 30.3 Å². The maximum atomic E-state index is 13.5. The van der Waals surface area contributed by atoms with E-state index in [2.05, 4.69) is 0 Å². The van der Waals surface area contributed by atoms with Crippen LogP contribution in [0.2, 0.25) is 0 Å². The van der Waals surface area contributed by atoms with Crippen molar-refractivity contribution < 1.29 is 22.7 Å². The number of hydrogen-bond donors (Lipinski definition) is 0. The molecule has 2 aromatic rings. The molecule has 0 bridgehead atoms. The minimum Gasteiger partial charge on any atom is -0.435 e. The molecule has 0 aromatic heterocycles. The molecule has 1 saturated heterocycles. The molecule has 25 heavy (non-hydrogen) atoms. The molecule has 1 fully saturated rings. The van der Waals surface area contributed by atoms with Gasteiger partial charge in [0.15, 0.2) is 5.60 Å². The highest BCUT2D eigenvalue weighted by atomic mass is 19.4. The number of halogens is 3. The number of cyclic esters (lactones) is 1. The summed E-state index contributed by atoms with van der Waals surface area (Å²) in [7, 11) is 0. The van der Waals surface area contributed by atoms with Crippen LogP contribution < -0.4 is 0 Å². The molecule has 1 aliphatic rings. The summed E-state index contributed by atoms with van der Waals surface area (Å²) in [5.41, 5.74) is -0.558. The third kappa shape index (κ3) is 3.34. The molecule has 0 aliphatic carbocycles. The molecule has 2 aromatic carbocycles. The Hall–Kier alpha value is -2.50. The Kier molecular flexibility index (Phi) is 4.45. The van der Waals surface area contributed by atoms with E-state index >= 15 is 0 Å². The van der Waals surface area contributed by atoms with E-state index in [0.29, 0.717) is 5.56 Å². The van der Waals surface area contributed by atoms with Crippen molar-refractivity contribution in [2.45, 2.75) is 25.2 Å². The number of alkyl halides is 3. The maximum Gasteiger partial charge on any atom is 0.411 e. The van der Waals surface area contributed by atoms with Crippen molar-refractivity contribution in [2.75, 3.05) is 6.54 Å². The van der Waals surface area contributed by atoms with Crippen molar-refractivity contribution in [3.05, 3.63) is 71.8 Å². The zero-order valence-corrected chi connectivity index (χ0v) is 13.7. The average molecular weight is 349 g/mol. The first-order chi connectivity index (χ1) is 11.8. The van der Waals surface area contributed by atoms with Crippen LogP contribution in [0.5, 0.6) is 0 Å². The van der Waals surface area contributed by atoms with Crippen molar-refractivity contribution in [3.63, 3.8) is 0 Å². The van der Waals surface area contributed by atoms with Crippen molar-refractivity contribution in [2.24, 2.45) is 5.92 Å². The number of carbonyl (C=O) groups is 1. The summed E-state index contributed by atoms with van der Waals surface area (Å²) in [5, 5.41) is 0. The standard InChI is InChI=1S/C19H18F3NO2/c1-14(19(20,21)22)18(16-10-6-3-7-11-16)13-23(17(24)25-18)12-15-8-4-2-5-9-15/h2-11,14H,12-13H2,1H3. The van der Waals surface area contributed by atoms with Crippen LogP contribution in [0.4, 0.5) is 18.0 Å². The largest absolute Gasteiger partial charge is 0.435 e. The van der Waals surface area contributed by atoms with Crippen LogP contribution in [0.25, 0.3) is 0 Å². The lowest BCUT2D eigenvalue weighted by Gasteiger charge is -2.34. The number of ether oxygens (including phenoxy) is 1. The molecule has 0 spiro atoms. The third-order valence-corrected chi connectivity index (χ3v) is 4.62. The Morgan fingerprint density at radius 2 is 1.64 bits per heavy atom. The normalized spacial score (nSPS) is 21.9. The molecule has 2 unspecified atom stereocenters. The van der Waals surface area contributed by atoms with Gasteiger partial charge in [-0.2, -0.15) is 13.2 Å². The van der Waals surface area contributed by atoms with Gasteiger partial charge < -0.3 is 4.74 Å². The van der Waals surface area contributed by atoms with E-state index in [-0.39, 0.29) is 13.1 Å². The Bertz CT molecular complexity index is 733. The molecular weight excluding hydrogens is 331 g/mol. The van der Waals surface area contributed by atoms with E-state index < -0.39 is 23.8 Å². The SMILES string of the molecule is CC(C(F)(F)F)C1(c2ccccc2)CN(Cc2ccccc2)C(=O)O1. The van der Waals surface area contributed by atoms with Crippen LogP contribution >= 0.6 is 0 Å². The fourth-order valence-electron chi connectivity index (χ4n) is 3.14. The van der Waals surface area contributed by atoms with Crippen molar-refractivity contribution in [3.8, 4) is 0 Å². The number of carbonyl (C=O) groups excluding carboxylic acids is 1. The van der Waals surface area contributed by atoms with Gasteiger partial charge in [-0.3, -0.25) is 4.90 Å². The highest BCUT2D eigenvalue weighted by molar-refractivity contribution is 5.71. The van der Waals surface area contributed by atoms with Gasteiger partial charge >= 0.3 is 12.3 Å². The second-order valence-electron chi connectivity index (χ2n) is 6.23. The summed E-state index contributed by atoms with van der Waals surface area (Å²) in [5.74, 6) is -1.83. The smallest absolute Gasteiger partial charge is 0.411 e. The molecule has 6 heteroatoms. The van der Waals surface area contributed by atoms with Gasteiger partial charge in [-0.25, -0.2) is 4.79 Å². The summed E-state index contributed by atoms with van der Waals surface area (Å²) in [6.45, 7) is 1.12. The first-order valence-electron chi connectivity index (χ1n) is 7.97. The summed E-state index contributed by atoms with van der Waals surface area (Å²) < 4.78 is 45.9. The summed E-state index contributed by atoms with van der Waals surface area (Å²) >= 11 is 0. The van der Waals surface area contributed by atoms with E-state index in [0.717, 1.165) is 12.5 Å².